The molecule has 1 aromatic heterocycles. The lowest BCUT2D eigenvalue weighted by atomic mass is 10.2. The molecule has 114 valence electrons. The molecule has 2 rings (SSSR count). The van der Waals surface area contributed by atoms with Gasteiger partial charge in [0.05, 0.1) is 31.4 Å². The number of hydrogen-bond acceptors (Lipinski definition) is 4. The van der Waals surface area contributed by atoms with Crippen LogP contribution < -0.4 is 15.8 Å². The minimum Gasteiger partial charge on any atom is -0.494 e. The standard InChI is InChI=1S/C15H21FN4O/c1-3-6-20-10-18-9-14(20)13(8-17)19-11-4-5-12(16)15(7-11)21-2/h4-5,7,9-10,13,19H,3,6,8,17H2,1-2H3. The number of nitrogens with one attached hydrogen (secondary N) is 1. The maximum absolute atomic E-state index is 13.4. The number of nitrogens with zero attached hydrogens (tertiary/aromatic N) is 2. The van der Waals surface area contributed by atoms with Crippen molar-refractivity contribution in [1.29, 1.82) is 0 Å². The molecule has 5 nitrogen and oxygen atoms in total. The molecule has 1 unspecified atom stereocenters. The molecule has 0 spiro atoms. The number of ether oxygens (including phenoxy) is 1. The number of imidazole rings is 1. The topological polar surface area (TPSA) is 65.1 Å². The summed E-state index contributed by atoms with van der Waals surface area (Å²) in [4.78, 5) is 4.18. The minimum atomic E-state index is -0.386. The third-order valence-electron chi connectivity index (χ3n) is 3.29. The maximum atomic E-state index is 13.4. The molecular weight excluding hydrogens is 271 g/mol. The smallest absolute Gasteiger partial charge is 0.165 e. The molecule has 3 N–H and O–H groups in total. The van der Waals surface area contributed by atoms with Crippen LogP contribution in [-0.4, -0.2) is 23.2 Å². The van der Waals surface area contributed by atoms with Gasteiger partial charge in [-0.3, -0.25) is 0 Å². The molecule has 0 radical (unpaired) electrons. The zero-order valence-corrected chi connectivity index (χ0v) is 12.3. The Labute approximate surface area is 123 Å². The van der Waals surface area contributed by atoms with Crippen LogP contribution in [0.2, 0.25) is 0 Å². The van der Waals surface area contributed by atoms with Crippen molar-refractivity contribution in [2.45, 2.75) is 25.9 Å². The number of rotatable bonds is 7. The Morgan fingerprint density at radius 3 is 2.95 bits per heavy atom. The van der Waals surface area contributed by atoms with Crippen LogP contribution in [0.25, 0.3) is 0 Å². The van der Waals surface area contributed by atoms with Gasteiger partial charge < -0.3 is 20.4 Å². The van der Waals surface area contributed by atoms with Crippen molar-refractivity contribution >= 4 is 5.69 Å². The summed E-state index contributed by atoms with van der Waals surface area (Å²) < 4.78 is 20.5. The Balaban J connectivity index is 2.20. The third-order valence-corrected chi connectivity index (χ3v) is 3.29. The molecule has 2 aromatic rings. The summed E-state index contributed by atoms with van der Waals surface area (Å²) in [6, 6.07) is 4.58. The van der Waals surface area contributed by atoms with Crippen molar-refractivity contribution in [3.63, 3.8) is 0 Å². The van der Waals surface area contributed by atoms with Crippen LogP contribution in [0.5, 0.6) is 5.75 Å². The zero-order valence-electron chi connectivity index (χ0n) is 12.3. The van der Waals surface area contributed by atoms with Crippen LogP contribution in [0.4, 0.5) is 10.1 Å². The predicted octanol–water partition coefficient (Wildman–Crippen LogP) is 2.55. The monoisotopic (exact) mass is 292 g/mol. The molecule has 0 aliphatic rings. The number of nitrogens with two attached hydrogens (primary N) is 1. The molecule has 0 aliphatic carbocycles. The molecule has 0 saturated heterocycles. The van der Waals surface area contributed by atoms with E-state index in [9.17, 15) is 4.39 Å². The van der Waals surface area contributed by atoms with Gasteiger partial charge in [0, 0.05) is 24.8 Å². The molecular formula is C15H21FN4O. The second-order valence-electron chi connectivity index (χ2n) is 4.79. The first kappa shape index (κ1) is 15.3. The van der Waals surface area contributed by atoms with Crippen LogP contribution in [0.3, 0.4) is 0 Å². The van der Waals surface area contributed by atoms with Gasteiger partial charge in [0.15, 0.2) is 11.6 Å². The quantitative estimate of drug-likeness (QED) is 0.823. The molecule has 1 aromatic carbocycles. The first-order valence-electron chi connectivity index (χ1n) is 6.99. The summed E-state index contributed by atoms with van der Waals surface area (Å²) in [6.45, 7) is 3.41. The number of aromatic nitrogens is 2. The molecule has 1 heterocycles. The van der Waals surface area contributed by atoms with Crippen molar-refractivity contribution in [2.75, 3.05) is 19.0 Å². The first-order valence-corrected chi connectivity index (χ1v) is 6.99. The van der Waals surface area contributed by atoms with E-state index in [0.29, 0.717) is 6.54 Å². The van der Waals surface area contributed by atoms with Crippen molar-refractivity contribution < 1.29 is 9.13 Å². The van der Waals surface area contributed by atoms with Crippen LogP contribution in [-0.2, 0) is 6.54 Å². The number of methoxy groups -OCH3 is 1. The van der Waals surface area contributed by atoms with Gasteiger partial charge in [-0.1, -0.05) is 6.92 Å². The average molecular weight is 292 g/mol. The summed E-state index contributed by atoms with van der Waals surface area (Å²) in [5.41, 5.74) is 7.64. The van der Waals surface area contributed by atoms with E-state index >= 15 is 0 Å². The molecule has 0 aliphatic heterocycles. The van der Waals surface area contributed by atoms with Crippen molar-refractivity contribution in [1.82, 2.24) is 9.55 Å². The van der Waals surface area contributed by atoms with Gasteiger partial charge in [-0.15, -0.1) is 0 Å². The minimum absolute atomic E-state index is 0.0887. The fourth-order valence-corrected chi connectivity index (χ4v) is 2.25. The van der Waals surface area contributed by atoms with Crippen molar-refractivity contribution in [2.24, 2.45) is 5.73 Å². The Bertz CT molecular complexity index is 585. The molecule has 0 fully saturated rings. The normalized spacial score (nSPS) is 12.2. The third kappa shape index (κ3) is 3.52. The molecule has 0 saturated carbocycles. The van der Waals surface area contributed by atoms with Crippen molar-refractivity contribution in [3.8, 4) is 5.75 Å². The molecule has 0 amide bonds. The lowest BCUT2D eigenvalue weighted by molar-refractivity contribution is 0.386. The second-order valence-corrected chi connectivity index (χ2v) is 4.79. The lowest BCUT2D eigenvalue weighted by Crippen LogP contribution is -2.23. The molecule has 0 bridgehead atoms. The average Bonchev–Trinajstić information content (AvgIpc) is 2.95. The van der Waals surface area contributed by atoms with Crippen LogP contribution in [0, 0.1) is 5.82 Å². The Hall–Kier alpha value is -2.08. The number of aryl methyl sites for hydroxylation is 1. The number of anilines is 1. The van der Waals surface area contributed by atoms with E-state index in [-0.39, 0.29) is 17.6 Å². The highest BCUT2D eigenvalue weighted by atomic mass is 19.1. The van der Waals surface area contributed by atoms with E-state index in [1.54, 1.807) is 24.7 Å². The fourth-order valence-electron chi connectivity index (χ4n) is 2.25. The number of hydrogen-bond donors (Lipinski definition) is 2. The summed E-state index contributed by atoms with van der Waals surface area (Å²) in [6.07, 6.45) is 4.63. The van der Waals surface area contributed by atoms with Gasteiger partial charge in [-0.05, 0) is 18.6 Å². The fraction of sp³-hybridized carbons (Fsp3) is 0.400. The number of benzene rings is 1. The molecule has 6 heteroatoms. The van der Waals surface area contributed by atoms with E-state index in [1.165, 1.54) is 13.2 Å². The summed E-state index contributed by atoms with van der Waals surface area (Å²) >= 11 is 0. The van der Waals surface area contributed by atoms with Gasteiger partial charge in [-0.25, -0.2) is 9.37 Å². The van der Waals surface area contributed by atoms with E-state index < -0.39 is 0 Å². The second kappa shape index (κ2) is 7.08. The first-order chi connectivity index (χ1) is 10.2. The summed E-state index contributed by atoms with van der Waals surface area (Å²) in [5.74, 6) is -0.179. The lowest BCUT2D eigenvalue weighted by Gasteiger charge is -2.20. The maximum Gasteiger partial charge on any atom is 0.165 e. The van der Waals surface area contributed by atoms with E-state index in [4.69, 9.17) is 10.5 Å². The van der Waals surface area contributed by atoms with Gasteiger partial charge in [0.25, 0.3) is 0 Å². The van der Waals surface area contributed by atoms with Crippen molar-refractivity contribution in [3.05, 3.63) is 42.2 Å². The zero-order chi connectivity index (χ0) is 15.2. The number of halogens is 1. The highest BCUT2D eigenvalue weighted by Gasteiger charge is 2.15. The largest absolute Gasteiger partial charge is 0.494 e. The highest BCUT2D eigenvalue weighted by molar-refractivity contribution is 5.50. The van der Waals surface area contributed by atoms with Gasteiger partial charge >= 0.3 is 0 Å². The summed E-state index contributed by atoms with van der Waals surface area (Å²) in [5, 5.41) is 3.30. The van der Waals surface area contributed by atoms with Crippen LogP contribution in [0.15, 0.2) is 30.7 Å². The van der Waals surface area contributed by atoms with E-state index in [1.807, 2.05) is 0 Å². The van der Waals surface area contributed by atoms with Gasteiger partial charge in [0.2, 0.25) is 0 Å². The summed E-state index contributed by atoms with van der Waals surface area (Å²) in [7, 11) is 1.44. The Morgan fingerprint density at radius 2 is 2.29 bits per heavy atom. The van der Waals surface area contributed by atoms with E-state index in [2.05, 4.69) is 21.8 Å². The van der Waals surface area contributed by atoms with Crippen LogP contribution >= 0.6 is 0 Å². The SMILES string of the molecule is CCCn1cncc1C(CN)Nc1ccc(F)c(OC)c1. The Morgan fingerprint density at radius 1 is 1.48 bits per heavy atom. The molecule has 1 atom stereocenters. The Kier molecular flexibility index (Phi) is 5.16. The highest BCUT2D eigenvalue weighted by Crippen LogP contribution is 2.25. The van der Waals surface area contributed by atoms with Gasteiger partial charge in [0.1, 0.15) is 0 Å². The van der Waals surface area contributed by atoms with Gasteiger partial charge in [-0.2, -0.15) is 0 Å². The van der Waals surface area contributed by atoms with E-state index in [0.717, 1.165) is 24.3 Å². The predicted molar refractivity (Wildman–Crippen MR) is 80.9 cm³/mol. The van der Waals surface area contributed by atoms with Crippen LogP contribution in [0.1, 0.15) is 25.1 Å². The molecule has 21 heavy (non-hydrogen) atoms.